The van der Waals surface area contributed by atoms with Gasteiger partial charge < -0.3 is 10.1 Å². The molecule has 1 atom stereocenters. The van der Waals surface area contributed by atoms with Crippen LogP contribution in [0.15, 0.2) is 52.4 Å². The van der Waals surface area contributed by atoms with Gasteiger partial charge in [-0.15, -0.1) is 0 Å². The second-order valence-corrected chi connectivity index (χ2v) is 10.3. The maximum Gasteiger partial charge on any atom is 0.269 e. The van der Waals surface area contributed by atoms with E-state index in [9.17, 15) is 19.7 Å². The molecule has 188 valence electrons. The van der Waals surface area contributed by atoms with Gasteiger partial charge in [0.1, 0.15) is 0 Å². The van der Waals surface area contributed by atoms with E-state index in [-0.39, 0.29) is 29.3 Å². The van der Waals surface area contributed by atoms with Gasteiger partial charge in [0.25, 0.3) is 17.2 Å². The monoisotopic (exact) mass is 508 g/mol. The third-order valence-electron chi connectivity index (χ3n) is 6.77. The molecule has 0 spiro atoms. The Kier molecular flexibility index (Phi) is 7.33. The van der Waals surface area contributed by atoms with Crippen LogP contribution in [-0.2, 0) is 17.0 Å². The number of carbonyl (C=O) groups is 1. The van der Waals surface area contributed by atoms with Crippen LogP contribution in [0.3, 0.4) is 0 Å². The molecule has 1 N–H and O–H groups in total. The molecule has 3 aromatic rings. The molecular weight excluding hydrogens is 480 g/mol. The first-order valence-electron chi connectivity index (χ1n) is 12.3. The third kappa shape index (κ3) is 5.44. The van der Waals surface area contributed by atoms with Crippen LogP contribution in [0, 0.1) is 10.1 Å². The van der Waals surface area contributed by atoms with Gasteiger partial charge in [-0.3, -0.25) is 24.3 Å². The molecule has 36 heavy (non-hydrogen) atoms. The molecule has 1 aliphatic carbocycles. The van der Waals surface area contributed by atoms with Gasteiger partial charge in [-0.2, -0.15) is 0 Å². The Bertz CT molecular complexity index is 1350. The van der Waals surface area contributed by atoms with Crippen LogP contribution in [0.4, 0.5) is 5.69 Å². The number of hydrogen-bond donors (Lipinski definition) is 1. The number of aromatic nitrogens is 2. The topological polar surface area (TPSA) is 116 Å². The maximum atomic E-state index is 13.5. The quantitative estimate of drug-likeness (QED) is 0.207. The highest BCUT2D eigenvalue weighted by atomic mass is 32.2. The predicted octanol–water partition coefficient (Wildman–Crippen LogP) is 4.45. The lowest BCUT2D eigenvalue weighted by molar-refractivity contribution is -0.384. The number of benzene rings is 2. The standard InChI is InChI=1S/C26H28N4O5S/c31-24(27-19-6-1-2-7-19)18-10-11-22-23(14-18)28-26(29(25(22)32)15-21-9-4-12-35-21)36-16-17-5-3-8-20(13-17)30(33)34/h3,5,8,10-11,13-14,19,21H,1-2,4,6-7,9,12,15-16H2,(H,27,31)/t21-/m1/s1. The lowest BCUT2D eigenvalue weighted by Crippen LogP contribution is -2.32. The molecule has 0 unspecified atom stereocenters. The zero-order valence-corrected chi connectivity index (χ0v) is 20.7. The van der Waals surface area contributed by atoms with Crippen LogP contribution < -0.4 is 10.9 Å². The van der Waals surface area contributed by atoms with Crippen molar-refractivity contribution in [3.05, 3.63) is 74.1 Å². The molecule has 5 rings (SSSR count). The minimum absolute atomic E-state index is 0.0224. The summed E-state index contributed by atoms with van der Waals surface area (Å²) in [6.07, 6.45) is 6.00. The zero-order valence-electron chi connectivity index (χ0n) is 19.9. The Morgan fingerprint density at radius 2 is 2.00 bits per heavy atom. The number of thioether (sulfide) groups is 1. The number of nitrogens with zero attached hydrogens (tertiary/aromatic N) is 3. The number of non-ortho nitro benzene ring substituents is 1. The van der Waals surface area contributed by atoms with E-state index in [0.717, 1.165) is 44.1 Å². The van der Waals surface area contributed by atoms with Crippen LogP contribution in [0.25, 0.3) is 10.9 Å². The molecular formula is C26H28N4O5S. The summed E-state index contributed by atoms with van der Waals surface area (Å²) in [7, 11) is 0. The highest BCUT2D eigenvalue weighted by molar-refractivity contribution is 7.98. The van der Waals surface area contributed by atoms with Crippen molar-refractivity contribution in [3.63, 3.8) is 0 Å². The summed E-state index contributed by atoms with van der Waals surface area (Å²) in [5, 5.41) is 15.2. The smallest absolute Gasteiger partial charge is 0.269 e. The Morgan fingerprint density at radius 3 is 2.75 bits per heavy atom. The second kappa shape index (κ2) is 10.8. The highest BCUT2D eigenvalue weighted by Gasteiger charge is 2.22. The molecule has 1 aliphatic heterocycles. The van der Waals surface area contributed by atoms with Crippen molar-refractivity contribution in [2.45, 2.75) is 68.1 Å². The van der Waals surface area contributed by atoms with Crippen LogP contribution in [0.5, 0.6) is 0 Å². The molecule has 2 heterocycles. The molecule has 1 amide bonds. The number of nitro benzene ring substituents is 1. The molecule has 9 nitrogen and oxygen atoms in total. The second-order valence-electron chi connectivity index (χ2n) is 9.35. The van der Waals surface area contributed by atoms with Crippen molar-refractivity contribution in [2.24, 2.45) is 0 Å². The van der Waals surface area contributed by atoms with Crippen molar-refractivity contribution < 1.29 is 14.5 Å². The van der Waals surface area contributed by atoms with E-state index in [1.165, 1.54) is 23.9 Å². The first-order chi connectivity index (χ1) is 17.5. The Hall–Kier alpha value is -3.24. The first kappa shape index (κ1) is 24.5. The lowest BCUT2D eigenvalue weighted by Gasteiger charge is -2.17. The molecule has 0 bridgehead atoms. The first-order valence-corrected chi connectivity index (χ1v) is 13.3. The summed E-state index contributed by atoms with van der Waals surface area (Å²) in [5.41, 5.74) is 1.54. The number of nitro groups is 1. The van der Waals surface area contributed by atoms with Crippen LogP contribution in [0.2, 0.25) is 0 Å². The number of ether oxygens (including phenoxy) is 1. The van der Waals surface area contributed by atoms with Gasteiger partial charge in [0.05, 0.1) is 28.5 Å². The minimum atomic E-state index is -0.423. The average molecular weight is 509 g/mol. The molecule has 1 saturated heterocycles. The molecule has 2 aliphatic rings. The number of nitrogens with one attached hydrogen (secondary N) is 1. The summed E-state index contributed by atoms with van der Waals surface area (Å²) in [4.78, 5) is 41.8. The largest absolute Gasteiger partial charge is 0.376 e. The van der Waals surface area contributed by atoms with Crippen molar-refractivity contribution in [1.29, 1.82) is 0 Å². The zero-order chi connectivity index (χ0) is 25.1. The van der Waals surface area contributed by atoms with Crippen LogP contribution in [-0.4, -0.2) is 39.1 Å². The van der Waals surface area contributed by atoms with E-state index in [4.69, 9.17) is 9.72 Å². The fourth-order valence-electron chi connectivity index (χ4n) is 4.85. The predicted molar refractivity (Wildman–Crippen MR) is 137 cm³/mol. The van der Waals surface area contributed by atoms with E-state index < -0.39 is 4.92 Å². The van der Waals surface area contributed by atoms with E-state index in [0.29, 0.717) is 40.5 Å². The number of hydrogen-bond acceptors (Lipinski definition) is 7. The van der Waals surface area contributed by atoms with Crippen molar-refractivity contribution in [1.82, 2.24) is 14.9 Å². The van der Waals surface area contributed by atoms with E-state index in [2.05, 4.69) is 5.32 Å². The summed E-state index contributed by atoms with van der Waals surface area (Å²) in [6.45, 7) is 1.07. The maximum absolute atomic E-state index is 13.5. The summed E-state index contributed by atoms with van der Waals surface area (Å²) in [5.74, 6) is 0.257. The molecule has 0 radical (unpaired) electrons. The fourth-order valence-corrected chi connectivity index (χ4v) is 5.80. The van der Waals surface area contributed by atoms with Crippen molar-refractivity contribution in [2.75, 3.05) is 6.61 Å². The normalized spacial score (nSPS) is 18.1. The molecule has 2 fully saturated rings. The van der Waals surface area contributed by atoms with Gasteiger partial charge in [0.15, 0.2) is 5.16 Å². The Labute approximate surface area is 212 Å². The van der Waals surface area contributed by atoms with Gasteiger partial charge in [0.2, 0.25) is 0 Å². The molecule has 10 heteroatoms. The number of amides is 1. The highest BCUT2D eigenvalue weighted by Crippen LogP contribution is 2.26. The van der Waals surface area contributed by atoms with Crippen molar-refractivity contribution >= 4 is 34.3 Å². The van der Waals surface area contributed by atoms with E-state index >= 15 is 0 Å². The average Bonchev–Trinajstić information content (AvgIpc) is 3.59. The molecule has 1 aromatic heterocycles. The molecule has 1 saturated carbocycles. The number of fused-ring (bicyclic) bond motifs is 1. The Morgan fingerprint density at radius 1 is 1.17 bits per heavy atom. The number of carbonyl (C=O) groups excluding carboxylic acids is 1. The van der Waals surface area contributed by atoms with Gasteiger partial charge >= 0.3 is 0 Å². The van der Waals surface area contributed by atoms with Crippen LogP contribution in [0.1, 0.15) is 54.4 Å². The summed E-state index contributed by atoms with van der Waals surface area (Å²) >= 11 is 1.35. The third-order valence-corrected chi connectivity index (χ3v) is 7.82. The minimum Gasteiger partial charge on any atom is -0.376 e. The number of rotatable bonds is 8. The van der Waals surface area contributed by atoms with Gasteiger partial charge in [0, 0.05) is 36.1 Å². The van der Waals surface area contributed by atoms with Gasteiger partial charge in [-0.05, 0) is 49.4 Å². The summed E-state index contributed by atoms with van der Waals surface area (Å²) in [6, 6.07) is 11.7. The summed E-state index contributed by atoms with van der Waals surface area (Å²) < 4.78 is 7.41. The van der Waals surface area contributed by atoms with E-state index in [1.807, 2.05) is 6.07 Å². The fraction of sp³-hybridized carbons (Fsp3) is 0.423. The van der Waals surface area contributed by atoms with Crippen molar-refractivity contribution in [3.8, 4) is 0 Å². The lowest BCUT2D eigenvalue weighted by atomic mass is 10.1. The Balaban J connectivity index is 1.46. The van der Waals surface area contributed by atoms with Crippen LogP contribution >= 0.6 is 11.8 Å². The van der Waals surface area contributed by atoms with Gasteiger partial charge in [-0.25, -0.2) is 4.98 Å². The molecule has 2 aromatic carbocycles. The van der Waals surface area contributed by atoms with Gasteiger partial charge in [-0.1, -0.05) is 36.7 Å². The SMILES string of the molecule is O=C(NC1CCCC1)c1ccc2c(=O)n(C[C@H]3CCCO3)c(SCc3cccc([N+](=O)[O-])c3)nc2c1. The van der Waals surface area contributed by atoms with E-state index in [1.54, 1.807) is 28.8 Å².